The normalized spacial score (nSPS) is 13.0. The zero-order chi connectivity index (χ0) is 34.8. The van der Waals surface area contributed by atoms with Crippen molar-refractivity contribution >= 4 is 21.9 Å². The molecule has 0 saturated heterocycles. The van der Waals surface area contributed by atoms with E-state index in [9.17, 15) is 0 Å². The van der Waals surface area contributed by atoms with Crippen LogP contribution < -0.4 is 0 Å². The maximum atomic E-state index is 6.37. The Hall–Kier alpha value is -6.72. The van der Waals surface area contributed by atoms with Crippen LogP contribution in [-0.4, -0.2) is 19.9 Å². The average molecular weight is 669 g/mol. The number of benzene rings is 5. The third kappa shape index (κ3) is 4.78. The smallest absolute Gasteiger partial charge is 0.160 e. The number of para-hydroxylation sites is 2. The van der Waals surface area contributed by atoms with Gasteiger partial charge in [0, 0.05) is 67.5 Å². The van der Waals surface area contributed by atoms with Gasteiger partial charge in [-0.3, -0.25) is 9.97 Å². The highest BCUT2D eigenvalue weighted by Gasteiger charge is 2.40. The van der Waals surface area contributed by atoms with Crippen molar-refractivity contribution in [1.82, 2.24) is 19.9 Å². The molecular weight excluding hydrogens is 637 g/mol. The standard InChI is InChI=1S/C47H32N4O/c1-47(2)38-16-5-3-13-37(38)44-42(47)43(33-27-31(39-17-7-9-24-48-39)26-32(28-33)40-18-8-10-25-49-40)50-46(51-44)30-22-20-29(21-23-30)34-14-11-15-36-35-12-4-6-19-41(35)52-45(34)36/h3-28H,1-2H3. The summed E-state index contributed by atoms with van der Waals surface area (Å²) in [6, 6.07) is 50.3. The molecule has 0 amide bonds. The average Bonchev–Trinajstić information content (AvgIpc) is 3.70. The molecule has 5 heteroatoms. The van der Waals surface area contributed by atoms with Gasteiger partial charge >= 0.3 is 0 Å². The second-order valence-electron chi connectivity index (χ2n) is 13.9. The van der Waals surface area contributed by atoms with Crippen LogP contribution in [0.15, 0.2) is 162 Å². The molecule has 4 heterocycles. The Kier molecular flexibility index (Phi) is 6.77. The van der Waals surface area contributed by atoms with E-state index in [1.807, 2.05) is 60.9 Å². The maximum Gasteiger partial charge on any atom is 0.160 e. The van der Waals surface area contributed by atoms with E-state index in [1.54, 1.807) is 0 Å². The molecule has 0 radical (unpaired) electrons. The van der Waals surface area contributed by atoms with Crippen molar-refractivity contribution in [3.63, 3.8) is 0 Å². The van der Waals surface area contributed by atoms with E-state index in [-0.39, 0.29) is 5.41 Å². The first-order chi connectivity index (χ1) is 25.5. The van der Waals surface area contributed by atoms with Crippen LogP contribution in [0, 0.1) is 0 Å². The van der Waals surface area contributed by atoms with E-state index < -0.39 is 0 Å². The molecule has 0 saturated carbocycles. The maximum absolute atomic E-state index is 6.37. The summed E-state index contributed by atoms with van der Waals surface area (Å²) in [4.78, 5) is 20.2. The lowest BCUT2D eigenvalue weighted by molar-refractivity contribution is 0.658. The topological polar surface area (TPSA) is 64.7 Å². The van der Waals surface area contributed by atoms with Gasteiger partial charge in [-0.1, -0.05) is 111 Å². The Morgan fingerprint density at radius 2 is 1.08 bits per heavy atom. The largest absolute Gasteiger partial charge is 0.455 e. The summed E-state index contributed by atoms with van der Waals surface area (Å²) >= 11 is 0. The Morgan fingerprint density at radius 3 is 1.81 bits per heavy atom. The molecule has 5 aromatic carbocycles. The van der Waals surface area contributed by atoms with E-state index in [0.29, 0.717) is 5.82 Å². The monoisotopic (exact) mass is 668 g/mol. The first-order valence-electron chi connectivity index (χ1n) is 17.5. The van der Waals surface area contributed by atoms with E-state index in [1.165, 1.54) is 5.56 Å². The number of furan rings is 1. The minimum absolute atomic E-state index is 0.318. The molecule has 10 rings (SSSR count). The van der Waals surface area contributed by atoms with E-state index in [2.05, 4.69) is 111 Å². The van der Waals surface area contributed by atoms with Crippen LogP contribution in [0.4, 0.5) is 0 Å². The zero-order valence-electron chi connectivity index (χ0n) is 28.7. The fraction of sp³-hybridized carbons (Fsp3) is 0.0638. The van der Waals surface area contributed by atoms with Gasteiger partial charge < -0.3 is 4.42 Å². The molecule has 9 aromatic rings. The highest BCUT2D eigenvalue weighted by Crippen LogP contribution is 2.52. The minimum Gasteiger partial charge on any atom is -0.455 e. The summed E-state index contributed by atoms with van der Waals surface area (Å²) in [5.41, 5.74) is 14.7. The van der Waals surface area contributed by atoms with Crippen molar-refractivity contribution in [2.45, 2.75) is 19.3 Å². The van der Waals surface area contributed by atoms with Crippen molar-refractivity contribution in [1.29, 1.82) is 0 Å². The molecule has 4 aromatic heterocycles. The van der Waals surface area contributed by atoms with Crippen LogP contribution in [0.2, 0.25) is 0 Å². The third-order valence-electron chi connectivity index (χ3n) is 10.4. The molecule has 52 heavy (non-hydrogen) atoms. The molecule has 0 atom stereocenters. The van der Waals surface area contributed by atoms with Crippen molar-refractivity contribution in [3.8, 4) is 67.5 Å². The lowest BCUT2D eigenvalue weighted by Gasteiger charge is -2.24. The summed E-state index contributed by atoms with van der Waals surface area (Å²) in [5.74, 6) is 0.678. The second kappa shape index (κ2) is 11.7. The SMILES string of the molecule is CC1(C)c2ccccc2-c2nc(-c3ccc(-c4cccc5c4oc4ccccc45)cc3)nc(-c3cc(-c4ccccn4)cc(-c4ccccn4)c3)c21. The molecule has 0 fully saturated rings. The molecule has 1 aliphatic rings. The van der Waals surface area contributed by atoms with Gasteiger partial charge in [0.2, 0.25) is 0 Å². The van der Waals surface area contributed by atoms with Gasteiger partial charge in [-0.2, -0.15) is 0 Å². The number of nitrogens with zero attached hydrogens (tertiary/aromatic N) is 4. The predicted molar refractivity (Wildman–Crippen MR) is 210 cm³/mol. The summed E-state index contributed by atoms with van der Waals surface area (Å²) in [5, 5.41) is 2.24. The van der Waals surface area contributed by atoms with Crippen LogP contribution in [0.25, 0.3) is 89.5 Å². The fourth-order valence-electron chi connectivity index (χ4n) is 7.86. The molecule has 1 aliphatic carbocycles. The fourth-order valence-corrected chi connectivity index (χ4v) is 7.86. The van der Waals surface area contributed by atoms with Crippen LogP contribution >= 0.6 is 0 Å². The lowest BCUT2D eigenvalue weighted by atomic mass is 9.80. The predicted octanol–water partition coefficient (Wildman–Crippen LogP) is 11.8. The second-order valence-corrected chi connectivity index (χ2v) is 13.9. The van der Waals surface area contributed by atoms with Crippen molar-refractivity contribution in [2.75, 3.05) is 0 Å². The van der Waals surface area contributed by atoms with Crippen molar-refractivity contribution in [2.24, 2.45) is 0 Å². The van der Waals surface area contributed by atoms with E-state index >= 15 is 0 Å². The summed E-state index contributed by atoms with van der Waals surface area (Å²) in [6.45, 7) is 4.56. The van der Waals surface area contributed by atoms with Gasteiger partial charge in [0.1, 0.15) is 11.2 Å². The first-order valence-corrected chi connectivity index (χ1v) is 17.5. The van der Waals surface area contributed by atoms with Gasteiger partial charge in [-0.05, 0) is 59.7 Å². The first kappa shape index (κ1) is 30.1. The highest BCUT2D eigenvalue weighted by atomic mass is 16.3. The van der Waals surface area contributed by atoms with Gasteiger partial charge in [0.15, 0.2) is 5.82 Å². The van der Waals surface area contributed by atoms with Crippen molar-refractivity contribution in [3.05, 3.63) is 169 Å². The molecule has 246 valence electrons. The van der Waals surface area contributed by atoms with Gasteiger partial charge in [-0.25, -0.2) is 9.97 Å². The third-order valence-corrected chi connectivity index (χ3v) is 10.4. The van der Waals surface area contributed by atoms with Gasteiger partial charge in [0.05, 0.1) is 22.8 Å². The lowest BCUT2D eigenvalue weighted by Crippen LogP contribution is -2.17. The molecule has 0 aliphatic heterocycles. The highest BCUT2D eigenvalue weighted by molar-refractivity contribution is 6.09. The Labute approximate surface area is 301 Å². The number of pyridine rings is 2. The van der Waals surface area contributed by atoms with Crippen LogP contribution in [0.3, 0.4) is 0 Å². The Morgan fingerprint density at radius 1 is 0.481 bits per heavy atom. The number of fused-ring (bicyclic) bond motifs is 6. The molecule has 5 nitrogen and oxygen atoms in total. The summed E-state index contributed by atoms with van der Waals surface area (Å²) < 4.78 is 6.37. The molecule has 0 bridgehead atoms. The quantitative estimate of drug-likeness (QED) is 0.183. The Balaban J connectivity index is 1.17. The van der Waals surface area contributed by atoms with Crippen LogP contribution in [-0.2, 0) is 5.41 Å². The molecule has 0 N–H and O–H groups in total. The number of hydrogen-bond donors (Lipinski definition) is 0. The molecule has 0 spiro atoms. The summed E-state index contributed by atoms with van der Waals surface area (Å²) in [7, 11) is 0. The van der Waals surface area contributed by atoms with Crippen molar-refractivity contribution < 1.29 is 4.42 Å². The van der Waals surface area contributed by atoms with E-state index in [0.717, 1.165) is 89.2 Å². The number of aromatic nitrogens is 4. The Bertz CT molecular complexity index is 2750. The minimum atomic E-state index is -0.318. The van der Waals surface area contributed by atoms with Gasteiger partial charge in [0.25, 0.3) is 0 Å². The number of hydrogen-bond acceptors (Lipinski definition) is 5. The van der Waals surface area contributed by atoms with Crippen LogP contribution in [0.1, 0.15) is 25.0 Å². The molecule has 0 unspecified atom stereocenters. The van der Waals surface area contributed by atoms with E-state index in [4.69, 9.17) is 24.4 Å². The van der Waals surface area contributed by atoms with Gasteiger partial charge in [-0.15, -0.1) is 0 Å². The molecular formula is C47H32N4O. The van der Waals surface area contributed by atoms with Crippen LogP contribution in [0.5, 0.6) is 0 Å². The number of rotatable bonds is 5. The summed E-state index contributed by atoms with van der Waals surface area (Å²) in [6.07, 6.45) is 3.67. The zero-order valence-corrected chi connectivity index (χ0v) is 28.7.